The molecule has 15 heavy (non-hydrogen) atoms. The summed E-state index contributed by atoms with van der Waals surface area (Å²) in [5.41, 5.74) is 4.07. The standard InChI is InChI=1S/C15H16/c1-5-9-12(3)13(4)15-11-8-7-10-14(15)6-2/h5-11H,2-4H2,1H3/b9-5-. The van der Waals surface area contributed by atoms with Crippen molar-refractivity contribution in [3.8, 4) is 0 Å². The second-order valence-corrected chi connectivity index (χ2v) is 3.30. The predicted molar refractivity (Wildman–Crippen MR) is 69.5 cm³/mol. The van der Waals surface area contributed by atoms with Crippen LogP contribution in [0.25, 0.3) is 11.6 Å². The first kappa shape index (κ1) is 11.3. The molecule has 0 aliphatic carbocycles. The Morgan fingerprint density at radius 2 is 1.87 bits per heavy atom. The van der Waals surface area contributed by atoms with Crippen molar-refractivity contribution in [3.05, 3.63) is 72.9 Å². The molecule has 0 atom stereocenters. The summed E-state index contributed by atoms with van der Waals surface area (Å²) < 4.78 is 0. The highest BCUT2D eigenvalue weighted by Gasteiger charge is 2.03. The first-order valence-corrected chi connectivity index (χ1v) is 4.93. The van der Waals surface area contributed by atoms with Crippen LogP contribution in [0.15, 0.2) is 61.7 Å². The van der Waals surface area contributed by atoms with Crippen LogP contribution in [-0.4, -0.2) is 0 Å². The van der Waals surface area contributed by atoms with Gasteiger partial charge in [0.2, 0.25) is 0 Å². The molecule has 0 aromatic heterocycles. The third-order valence-electron chi connectivity index (χ3n) is 2.26. The van der Waals surface area contributed by atoms with Crippen LogP contribution in [0.3, 0.4) is 0 Å². The largest absolute Gasteiger partial charge is 0.0984 e. The zero-order valence-electron chi connectivity index (χ0n) is 9.16. The number of hydrogen-bond donors (Lipinski definition) is 0. The fourth-order valence-electron chi connectivity index (χ4n) is 1.42. The van der Waals surface area contributed by atoms with E-state index >= 15 is 0 Å². The summed E-state index contributed by atoms with van der Waals surface area (Å²) in [4.78, 5) is 0. The van der Waals surface area contributed by atoms with Crippen molar-refractivity contribution >= 4 is 11.6 Å². The Kier molecular flexibility index (Phi) is 3.87. The van der Waals surface area contributed by atoms with E-state index in [1.165, 1.54) is 0 Å². The maximum absolute atomic E-state index is 4.05. The van der Waals surface area contributed by atoms with Gasteiger partial charge in [0.25, 0.3) is 0 Å². The molecule has 0 saturated heterocycles. The van der Waals surface area contributed by atoms with E-state index in [4.69, 9.17) is 0 Å². The number of benzene rings is 1. The average molecular weight is 196 g/mol. The molecule has 0 fully saturated rings. The molecule has 0 saturated carbocycles. The average Bonchev–Trinajstić information content (AvgIpc) is 2.28. The molecule has 0 N–H and O–H groups in total. The summed E-state index contributed by atoms with van der Waals surface area (Å²) in [6.07, 6.45) is 5.76. The van der Waals surface area contributed by atoms with Crippen molar-refractivity contribution in [2.24, 2.45) is 0 Å². The molecule has 0 heteroatoms. The van der Waals surface area contributed by atoms with Gasteiger partial charge < -0.3 is 0 Å². The second kappa shape index (κ2) is 5.16. The third kappa shape index (κ3) is 2.57. The van der Waals surface area contributed by atoms with Gasteiger partial charge in [-0.2, -0.15) is 0 Å². The maximum Gasteiger partial charge on any atom is -0.0112 e. The van der Waals surface area contributed by atoms with Crippen molar-refractivity contribution in [3.63, 3.8) is 0 Å². The summed E-state index contributed by atoms with van der Waals surface area (Å²) >= 11 is 0. The fourth-order valence-corrected chi connectivity index (χ4v) is 1.42. The highest BCUT2D eigenvalue weighted by atomic mass is 14.1. The molecule has 1 rings (SSSR count). The Labute approximate surface area is 92.0 Å². The molecule has 0 amide bonds. The lowest BCUT2D eigenvalue weighted by molar-refractivity contribution is 1.55. The zero-order valence-corrected chi connectivity index (χ0v) is 9.16. The molecule has 0 aliphatic rings. The highest BCUT2D eigenvalue weighted by Crippen LogP contribution is 2.24. The van der Waals surface area contributed by atoms with E-state index in [9.17, 15) is 0 Å². The van der Waals surface area contributed by atoms with Gasteiger partial charge in [-0.3, -0.25) is 0 Å². The van der Waals surface area contributed by atoms with Gasteiger partial charge >= 0.3 is 0 Å². The topological polar surface area (TPSA) is 0 Å². The van der Waals surface area contributed by atoms with E-state index < -0.39 is 0 Å². The zero-order chi connectivity index (χ0) is 11.3. The Morgan fingerprint density at radius 3 is 2.47 bits per heavy atom. The molecule has 0 bridgehead atoms. The summed E-state index contributed by atoms with van der Waals surface area (Å²) in [7, 11) is 0. The van der Waals surface area contributed by atoms with Crippen LogP contribution in [0.2, 0.25) is 0 Å². The molecular weight excluding hydrogens is 180 g/mol. The quantitative estimate of drug-likeness (QED) is 0.623. The lowest BCUT2D eigenvalue weighted by Gasteiger charge is -2.09. The Morgan fingerprint density at radius 1 is 1.20 bits per heavy atom. The van der Waals surface area contributed by atoms with Crippen molar-refractivity contribution in [1.82, 2.24) is 0 Å². The highest BCUT2D eigenvalue weighted by molar-refractivity contribution is 5.83. The number of hydrogen-bond acceptors (Lipinski definition) is 0. The number of allylic oxidation sites excluding steroid dienone is 4. The molecule has 1 aromatic carbocycles. The van der Waals surface area contributed by atoms with Crippen LogP contribution in [0.1, 0.15) is 18.1 Å². The Hall–Kier alpha value is -1.82. The monoisotopic (exact) mass is 196 g/mol. The van der Waals surface area contributed by atoms with Gasteiger partial charge in [-0.1, -0.05) is 62.2 Å². The molecule has 76 valence electrons. The number of rotatable bonds is 4. The first-order valence-electron chi connectivity index (χ1n) is 4.93. The molecule has 0 spiro atoms. The van der Waals surface area contributed by atoms with Crippen LogP contribution in [-0.2, 0) is 0 Å². The second-order valence-electron chi connectivity index (χ2n) is 3.30. The van der Waals surface area contributed by atoms with Gasteiger partial charge in [0, 0.05) is 0 Å². The van der Waals surface area contributed by atoms with Gasteiger partial charge in [-0.05, 0) is 29.2 Å². The lowest BCUT2D eigenvalue weighted by atomic mass is 9.96. The lowest BCUT2D eigenvalue weighted by Crippen LogP contribution is -1.88. The maximum atomic E-state index is 4.05. The molecule has 0 radical (unpaired) electrons. The van der Waals surface area contributed by atoms with E-state index in [0.717, 1.165) is 22.3 Å². The Balaban J connectivity index is 3.11. The molecule has 1 aromatic rings. The minimum atomic E-state index is 0.937. The summed E-state index contributed by atoms with van der Waals surface area (Å²) in [6.45, 7) is 13.8. The van der Waals surface area contributed by atoms with Gasteiger partial charge in [-0.15, -0.1) is 0 Å². The van der Waals surface area contributed by atoms with E-state index in [1.54, 1.807) is 0 Å². The van der Waals surface area contributed by atoms with E-state index in [2.05, 4.69) is 19.7 Å². The molecule has 0 nitrogen and oxygen atoms in total. The van der Waals surface area contributed by atoms with Crippen LogP contribution in [0.5, 0.6) is 0 Å². The minimum Gasteiger partial charge on any atom is -0.0984 e. The van der Waals surface area contributed by atoms with Crippen LogP contribution < -0.4 is 0 Å². The minimum absolute atomic E-state index is 0.937. The van der Waals surface area contributed by atoms with Crippen molar-refractivity contribution in [2.75, 3.05) is 0 Å². The normalized spacial score (nSPS) is 10.2. The van der Waals surface area contributed by atoms with Crippen LogP contribution >= 0.6 is 0 Å². The van der Waals surface area contributed by atoms with Gasteiger partial charge in [-0.25, -0.2) is 0 Å². The molecule has 0 unspecified atom stereocenters. The van der Waals surface area contributed by atoms with Gasteiger partial charge in [0.1, 0.15) is 0 Å². The van der Waals surface area contributed by atoms with E-state index in [-0.39, 0.29) is 0 Å². The van der Waals surface area contributed by atoms with Crippen molar-refractivity contribution in [2.45, 2.75) is 6.92 Å². The van der Waals surface area contributed by atoms with E-state index in [1.807, 2.05) is 49.4 Å². The van der Waals surface area contributed by atoms with Crippen molar-refractivity contribution < 1.29 is 0 Å². The Bertz CT molecular complexity index is 419. The molecule has 0 aliphatic heterocycles. The SMILES string of the molecule is C=Cc1ccccc1C(=C)C(=C)/C=C\C. The van der Waals surface area contributed by atoms with Crippen molar-refractivity contribution in [1.29, 1.82) is 0 Å². The summed E-state index contributed by atoms with van der Waals surface area (Å²) in [5.74, 6) is 0. The summed E-state index contributed by atoms with van der Waals surface area (Å²) in [5, 5.41) is 0. The predicted octanol–water partition coefficient (Wildman–Crippen LogP) is 4.48. The van der Waals surface area contributed by atoms with E-state index in [0.29, 0.717) is 0 Å². The molecule has 0 heterocycles. The van der Waals surface area contributed by atoms with Crippen LogP contribution in [0, 0.1) is 0 Å². The summed E-state index contributed by atoms with van der Waals surface area (Å²) in [6, 6.07) is 8.05. The first-order chi connectivity index (χ1) is 7.20. The third-order valence-corrected chi connectivity index (χ3v) is 2.26. The van der Waals surface area contributed by atoms with Gasteiger partial charge in [0.05, 0.1) is 0 Å². The van der Waals surface area contributed by atoms with Gasteiger partial charge in [0.15, 0.2) is 0 Å². The fraction of sp³-hybridized carbons (Fsp3) is 0.0667. The molecular formula is C15H16. The van der Waals surface area contributed by atoms with Crippen LogP contribution in [0.4, 0.5) is 0 Å². The smallest absolute Gasteiger partial charge is 0.0112 e.